The van der Waals surface area contributed by atoms with E-state index in [4.69, 9.17) is 13.9 Å². The molecule has 0 atom stereocenters. The molecule has 1 heterocycles. The molecule has 1 aromatic carbocycles. The smallest absolute Gasteiger partial charge is 0.339 e. The Kier molecular flexibility index (Phi) is 4.10. The van der Waals surface area contributed by atoms with Crippen LogP contribution in [0.5, 0.6) is 11.5 Å². The molecule has 0 spiro atoms. The third-order valence-electron chi connectivity index (χ3n) is 2.91. The highest BCUT2D eigenvalue weighted by Crippen LogP contribution is 2.31. The molecule has 102 valence electrons. The van der Waals surface area contributed by atoms with Gasteiger partial charge in [0.05, 0.1) is 19.1 Å². The highest BCUT2D eigenvalue weighted by atomic mass is 16.5. The zero-order valence-electron chi connectivity index (χ0n) is 11.5. The van der Waals surface area contributed by atoms with Gasteiger partial charge >= 0.3 is 5.63 Å². The monoisotopic (exact) mass is 262 g/mol. The van der Waals surface area contributed by atoms with Gasteiger partial charge in [-0.2, -0.15) is 0 Å². The van der Waals surface area contributed by atoms with Gasteiger partial charge in [-0.15, -0.1) is 0 Å². The van der Waals surface area contributed by atoms with Gasteiger partial charge in [0.1, 0.15) is 17.1 Å². The normalized spacial score (nSPS) is 10.7. The molecule has 0 aliphatic heterocycles. The molecule has 0 aliphatic carbocycles. The Bertz CT molecular complexity index is 628. The van der Waals surface area contributed by atoms with E-state index in [1.54, 1.807) is 13.2 Å². The molecular weight excluding hydrogens is 244 g/mol. The number of hydrogen-bond donors (Lipinski definition) is 0. The van der Waals surface area contributed by atoms with Crippen molar-refractivity contribution in [2.45, 2.75) is 26.7 Å². The van der Waals surface area contributed by atoms with Crippen LogP contribution in [-0.2, 0) is 6.42 Å². The molecule has 0 bridgehead atoms. The second-order valence-corrected chi connectivity index (χ2v) is 4.28. The maximum absolute atomic E-state index is 11.8. The van der Waals surface area contributed by atoms with Crippen molar-refractivity contribution in [1.82, 2.24) is 0 Å². The number of benzene rings is 1. The van der Waals surface area contributed by atoms with Crippen molar-refractivity contribution in [3.8, 4) is 11.5 Å². The predicted molar refractivity (Wildman–Crippen MR) is 74.2 cm³/mol. The van der Waals surface area contributed by atoms with Crippen LogP contribution in [0.15, 0.2) is 27.4 Å². The second kappa shape index (κ2) is 5.78. The van der Waals surface area contributed by atoms with Crippen LogP contribution in [0.4, 0.5) is 0 Å². The van der Waals surface area contributed by atoms with Gasteiger partial charge in [0.15, 0.2) is 0 Å². The minimum Gasteiger partial charge on any atom is -0.496 e. The molecule has 0 saturated carbocycles. The lowest BCUT2D eigenvalue weighted by Crippen LogP contribution is -2.07. The van der Waals surface area contributed by atoms with Crippen molar-refractivity contribution in [3.05, 3.63) is 34.2 Å². The standard InChI is InChI=1S/C15H18O4/c1-4-6-10-7-12-13(17-3)8-11(18-5-2)9-14(12)19-15(10)16/h7-9H,4-6H2,1-3H3. The summed E-state index contributed by atoms with van der Waals surface area (Å²) in [6, 6.07) is 5.37. The molecular formula is C15H18O4. The Morgan fingerprint density at radius 2 is 2.00 bits per heavy atom. The molecule has 0 N–H and O–H groups in total. The first-order valence-corrected chi connectivity index (χ1v) is 6.47. The van der Waals surface area contributed by atoms with Crippen molar-refractivity contribution < 1.29 is 13.9 Å². The van der Waals surface area contributed by atoms with E-state index in [2.05, 4.69) is 0 Å². The molecule has 19 heavy (non-hydrogen) atoms. The van der Waals surface area contributed by atoms with Gasteiger partial charge in [-0.1, -0.05) is 13.3 Å². The first-order chi connectivity index (χ1) is 9.19. The van der Waals surface area contributed by atoms with Crippen molar-refractivity contribution in [2.24, 2.45) is 0 Å². The number of aryl methyl sites for hydroxylation is 1. The fourth-order valence-electron chi connectivity index (χ4n) is 2.06. The Balaban J connectivity index is 2.64. The lowest BCUT2D eigenvalue weighted by Gasteiger charge is -2.09. The van der Waals surface area contributed by atoms with Crippen LogP contribution in [0, 0.1) is 0 Å². The van der Waals surface area contributed by atoms with E-state index in [-0.39, 0.29) is 5.63 Å². The van der Waals surface area contributed by atoms with Crippen LogP contribution in [0.25, 0.3) is 11.0 Å². The molecule has 4 nitrogen and oxygen atoms in total. The summed E-state index contributed by atoms with van der Waals surface area (Å²) in [5, 5.41) is 0.800. The average molecular weight is 262 g/mol. The summed E-state index contributed by atoms with van der Waals surface area (Å²) >= 11 is 0. The van der Waals surface area contributed by atoms with Crippen molar-refractivity contribution >= 4 is 11.0 Å². The Hall–Kier alpha value is -1.97. The van der Waals surface area contributed by atoms with Gasteiger partial charge in [-0.25, -0.2) is 4.79 Å². The quantitative estimate of drug-likeness (QED) is 0.777. The third kappa shape index (κ3) is 2.72. The number of fused-ring (bicyclic) bond motifs is 1. The van der Waals surface area contributed by atoms with Gasteiger partial charge in [0, 0.05) is 17.7 Å². The highest BCUT2D eigenvalue weighted by molar-refractivity contribution is 5.85. The first kappa shape index (κ1) is 13.5. The van der Waals surface area contributed by atoms with Crippen molar-refractivity contribution in [3.63, 3.8) is 0 Å². The number of ether oxygens (including phenoxy) is 2. The summed E-state index contributed by atoms with van der Waals surface area (Å²) in [7, 11) is 1.59. The van der Waals surface area contributed by atoms with E-state index in [1.165, 1.54) is 0 Å². The van der Waals surface area contributed by atoms with E-state index >= 15 is 0 Å². The van der Waals surface area contributed by atoms with Crippen LogP contribution in [0.1, 0.15) is 25.8 Å². The number of methoxy groups -OCH3 is 1. The summed E-state index contributed by atoms with van der Waals surface area (Å²) in [5.74, 6) is 1.29. The molecule has 0 aliphatic rings. The summed E-state index contributed by atoms with van der Waals surface area (Å²) in [4.78, 5) is 11.8. The molecule has 0 amide bonds. The minimum atomic E-state index is -0.287. The molecule has 0 fully saturated rings. The summed E-state index contributed by atoms with van der Waals surface area (Å²) in [5.41, 5.74) is 0.884. The van der Waals surface area contributed by atoms with Gasteiger partial charge in [-0.05, 0) is 19.4 Å². The lowest BCUT2D eigenvalue weighted by molar-refractivity contribution is 0.336. The van der Waals surface area contributed by atoms with E-state index in [9.17, 15) is 4.79 Å². The van der Waals surface area contributed by atoms with Gasteiger partial charge < -0.3 is 13.9 Å². The van der Waals surface area contributed by atoms with Crippen LogP contribution in [0.3, 0.4) is 0 Å². The Morgan fingerprint density at radius 3 is 2.63 bits per heavy atom. The van der Waals surface area contributed by atoms with Crippen molar-refractivity contribution in [1.29, 1.82) is 0 Å². The SMILES string of the molecule is CCCc1cc2c(OC)cc(OCC)cc2oc1=O. The number of hydrogen-bond acceptors (Lipinski definition) is 4. The zero-order valence-corrected chi connectivity index (χ0v) is 11.5. The van der Waals surface area contributed by atoms with Gasteiger partial charge in [0.25, 0.3) is 0 Å². The van der Waals surface area contributed by atoms with Gasteiger partial charge in [-0.3, -0.25) is 0 Å². The van der Waals surface area contributed by atoms with Crippen LogP contribution < -0.4 is 15.1 Å². The zero-order chi connectivity index (χ0) is 13.8. The van der Waals surface area contributed by atoms with Crippen molar-refractivity contribution in [2.75, 3.05) is 13.7 Å². The third-order valence-corrected chi connectivity index (χ3v) is 2.91. The number of rotatable bonds is 5. The first-order valence-electron chi connectivity index (χ1n) is 6.47. The summed E-state index contributed by atoms with van der Waals surface area (Å²) in [6.07, 6.45) is 1.60. The Labute approximate surface area is 111 Å². The molecule has 0 unspecified atom stereocenters. The van der Waals surface area contributed by atoms with Crippen LogP contribution >= 0.6 is 0 Å². The Morgan fingerprint density at radius 1 is 1.21 bits per heavy atom. The van der Waals surface area contributed by atoms with E-state index in [0.29, 0.717) is 35.7 Å². The van der Waals surface area contributed by atoms with Crippen LogP contribution in [-0.4, -0.2) is 13.7 Å². The molecule has 0 radical (unpaired) electrons. The minimum absolute atomic E-state index is 0.287. The predicted octanol–water partition coefficient (Wildman–Crippen LogP) is 3.15. The van der Waals surface area contributed by atoms with E-state index in [1.807, 2.05) is 26.0 Å². The topological polar surface area (TPSA) is 48.7 Å². The van der Waals surface area contributed by atoms with E-state index in [0.717, 1.165) is 11.8 Å². The summed E-state index contributed by atoms with van der Waals surface area (Å²) < 4.78 is 16.1. The second-order valence-electron chi connectivity index (χ2n) is 4.28. The van der Waals surface area contributed by atoms with Gasteiger partial charge in [0.2, 0.25) is 0 Å². The lowest BCUT2D eigenvalue weighted by atomic mass is 10.1. The fraction of sp³-hybridized carbons (Fsp3) is 0.400. The summed E-state index contributed by atoms with van der Waals surface area (Å²) in [6.45, 7) is 4.48. The fourth-order valence-corrected chi connectivity index (χ4v) is 2.06. The maximum Gasteiger partial charge on any atom is 0.339 e. The molecule has 1 aromatic heterocycles. The molecule has 4 heteroatoms. The molecule has 0 saturated heterocycles. The average Bonchev–Trinajstić information content (AvgIpc) is 2.39. The molecule has 2 aromatic rings. The largest absolute Gasteiger partial charge is 0.496 e. The molecule has 2 rings (SSSR count). The maximum atomic E-state index is 11.8. The highest BCUT2D eigenvalue weighted by Gasteiger charge is 2.11. The van der Waals surface area contributed by atoms with E-state index < -0.39 is 0 Å². The van der Waals surface area contributed by atoms with Crippen LogP contribution in [0.2, 0.25) is 0 Å².